The van der Waals surface area contributed by atoms with Gasteiger partial charge >= 0.3 is 10.1 Å². The van der Waals surface area contributed by atoms with Gasteiger partial charge in [-0.2, -0.15) is 8.42 Å². The van der Waals surface area contributed by atoms with Gasteiger partial charge in [-0.3, -0.25) is 4.79 Å². The van der Waals surface area contributed by atoms with Crippen molar-refractivity contribution in [1.29, 1.82) is 0 Å². The number of rotatable bonds is 9. The van der Waals surface area contributed by atoms with Crippen molar-refractivity contribution in [2.24, 2.45) is 0 Å². The van der Waals surface area contributed by atoms with Crippen molar-refractivity contribution in [1.82, 2.24) is 4.90 Å². The Hall–Kier alpha value is -2.32. The topological polar surface area (TPSA) is 86.1 Å². The van der Waals surface area contributed by atoms with Crippen LogP contribution in [0, 0.1) is 0 Å². The maximum atomic E-state index is 12.3. The molecule has 1 heterocycles. The molecule has 0 spiro atoms. The number of amides is 1. The highest BCUT2D eigenvalue weighted by Crippen LogP contribution is 2.18. The van der Waals surface area contributed by atoms with Crippen LogP contribution in [0.2, 0.25) is 0 Å². The zero-order valence-electron chi connectivity index (χ0n) is 14.2. The van der Waals surface area contributed by atoms with E-state index in [1.165, 1.54) is 14.0 Å². The van der Waals surface area contributed by atoms with Crippen LogP contribution in [0.15, 0.2) is 47.1 Å². The number of hydrogen-bond acceptors (Lipinski definition) is 6. The van der Waals surface area contributed by atoms with Crippen LogP contribution < -0.4 is 4.18 Å². The fourth-order valence-electron chi connectivity index (χ4n) is 2.16. The molecule has 1 amide bonds. The van der Waals surface area contributed by atoms with E-state index < -0.39 is 10.1 Å². The lowest BCUT2D eigenvalue weighted by Crippen LogP contribution is -2.32. The Labute approximate surface area is 147 Å². The summed E-state index contributed by atoms with van der Waals surface area (Å²) in [6, 6.07) is 10.2. The van der Waals surface area contributed by atoms with Crippen molar-refractivity contribution in [2.75, 3.05) is 19.5 Å². The van der Waals surface area contributed by atoms with Crippen molar-refractivity contribution in [3.63, 3.8) is 0 Å². The molecule has 1 aromatic heterocycles. The monoisotopic (exact) mass is 367 g/mol. The third kappa shape index (κ3) is 5.91. The highest BCUT2D eigenvalue weighted by Gasteiger charge is 2.17. The van der Waals surface area contributed by atoms with E-state index in [-0.39, 0.29) is 37.1 Å². The van der Waals surface area contributed by atoms with E-state index >= 15 is 0 Å². The number of furan rings is 1. The standard InChI is InChI=1S/C17H21NO6S/c1-3-25(20,21)24-15-7-4-6-14(10-15)11-18(17(19)13-22-2)12-16-8-5-9-23-16/h4-10H,3,11-13H2,1-2H3. The maximum absolute atomic E-state index is 12.3. The van der Waals surface area contributed by atoms with E-state index in [0.717, 1.165) is 5.56 Å². The Kier molecular flexibility index (Phi) is 6.60. The van der Waals surface area contributed by atoms with E-state index in [1.54, 1.807) is 47.6 Å². The summed E-state index contributed by atoms with van der Waals surface area (Å²) in [6.45, 7) is 2.01. The van der Waals surface area contributed by atoms with E-state index in [1.807, 2.05) is 0 Å². The second-order valence-corrected chi connectivity index (χ2v) is 7.20. The summed E-state index contributed by atoms with van der Waals surface area (Å²) in [5, 5.41) is 0. The Morgan fingerprint density at radius 1 is 1.20 bits per heavy atom. The average molecular weight is 367 g/mol. The molecule has 136 valence electrons. The predicted octanol–water partition coefficient (Wildman–Crippen LogP) is 2.18. The normalized spacial score (nSPS) is 11.3. The molecule has 0 aliphatic carbocycles. The molecule has 0 saturated carbocycles. The van der Waals surface area contributed by atoms with E-state index in [2.05, 4.69) is 0 Å². The number of nitrogens with zero attached hydrogens (tertiary/aromatic N) is 1. The average Bonchev–Trinajstić information content (AvgIpc) is 3.07. The Balaban J connectivity index is 2.16. The third-order valence-electron chi connectivity index (χ3n) is 3.40. The maximum Gasteiger partial charge on any atom is 0.308 e. The predicted molar refractivity (Wildman–Crippen MR) is 91.4 cm³/mol. The van der Waals surface area contributed by atoms with Gasteiger partial charge in [0.2, 0.25) is 5.91 Å². The van der Waals surface area contributed by atoms with Gasteiger partial charge in [-0.05, 0) is 36.8 Å². The molecule has 0 fully saturated rings. The van der Waals surface area contributed by atoms with Crippen LogP contribution in [0.3, 0.4) is 0 Å². The molecule has 0 N–H and O–H groups in total. The van der Waals surface area contributed by atoms with Crippen LogP contribution in [0.4, 0.5) is 0 Å². The van der Waals surface area contributed by atoms with Gasteiger partial charge in [-0.25, -0.2) is 0 Å². The molecule has 0 bridgehead atoms. The Morgan fingerprint density at radius 2 is 2.00 bits per heavy atom. The molecule has 1 aromatic carbocycles. The Bertz CT molecular complexity index is 785. The molecule has 25 heavy (non-hydrogen) atoms. The number of hydrogen-bond donors (Lipinski definition) is 0. The van der Waals surface area contributed by atoms with Gasteiger partial charge in [0, 0.05) is 13.7 Å². The lowest BCUT2D eigenvalue weighted by Gasteiger charge is -2.21. The highest BCUT2D eigenvalue weighted by atomic mass is 32.2. The summed E-state index contributed by atoms with van der Waals surface area (Å²) < 4.78 is 38.4. The summed E-state index contributed by atoms with van der Waals surface area (Å²) in [4.78, 5) is 13.8. The third-order valence-corrected chi connectivity index (χ3v) is 4.55. The zero-order chi connectivity index (χ0) is 18.3. The molecule has 0 unspecified atom stereocenters. The summed E-state index contributed by atoms with van der Waals surface area (Å²) in [5.41, 5.74) is 0.736. The summed E-state index contributed by atoms with van der Waals surface area (Å²) in [5.74, 6) is 0.544. The minimum absolute atomic E-state index is 0.0545. The number of methoxy groups -OCH3 is 1. The minimum Gasteiger partial charge on any atom is -0.467 e. The first-order valence-corrected chi connectivity index (χ1v) is 9.31. The van der Waals surface area contributed by atoms with Crippen LogP contribution in [-0.4, -0.2) is 38.7 Å². The molecule has 0 aliphatic heterocycles. The van der Waals surface area contributed by atoms with Crippen molar-refractivity contribution in [2.45, 2.75) is 20.0 Å². The van der Waals surface area contributed by atoms with Crippen LogP contribution in [0.1, 0.15) is 18.2 Å². The molecule has 7 nitrogen and oxygen atoms in total. The van der Waals surface area contributed by atoms with Crippen LogP contribution in [-0.2, 0) is 32.7 Å². The molecule has 2 rings (SSSR count). The number of ether oxygens (including phenoxy) is 1. The first-order valence-electron chi connectivity index (χ1n) is 7.73. The van der Waals surface area contributed by atoms with Crippen LogP contribution >= 0.6 is 0 Å². The van der Waals surface area contributed by atoms with Gasteiger partial charge in [0.25, 0.3) is 0 Å². The lowest BCUT2D eigenvalue weighted by atomic mass is 10.2. The first-order chi connectivity index (χ1) is 11.9. The second kappa shape index (κ2) is 8.68. The molecule has 0 radical (unpaired) electrons. The van der Waals surface area contributed by atoms with Crippen LogP contribution in [0.5, 0.6) is 5.75 Å². The lowest BCUT2D eigenvalue weighted by molar-refractivity contribution is -0.136. The molecule has 0 saturated heterocycles. The highest BCUT2D eigenvalue weighted by molar-refractivity contribution is 7.87. The number of carbonyl (C=O) groups is 1. The van der Waals surface area contributed by atoms with E-state index in [9.17, 15) is 13.2 Å². The summed E-state index contributed by atoms with van der Waals surface area (Å²) >= 11 is 0. The smallest absolute Gasteiger partial charge is 0.308 e. The minimum atomic E-state index is -3.60. The quantitative estimate of drug-likeness (QED) is 0.632. The summed E-state index contributed by atoms with van der Waals surface area (Å²) in [7, 11) is -2.15. The summed E-state index contributed by atoms with van der Waals surface area (Å²) in [6.07, 6.45) is 1.54. The fourth-order valence-corrected chi connectivity index (χ4v) is 2.67. The van der Waals surface area contributed by atoms with Crippen LogP contribution in [0.25, 0.3) is 0 Å². The fraction of sp³-hybridized carbons (Fsp3) is 0.353. The molecule has 0 aliphatic rings. The molecule has 0 atom stereocenters. The van der Waals surface area contributed by atoms with Crippen molar-refractivity contribution in [3.05, 3.63) is 54.0 Å². The SMILES string of the molecule is CCS(=O)(=O)Oc1cccc(CN(Cc2ccco2)C(=O)COC)c1. The van der Waals surface area contributed by atoms with Gasteiger partial charge in [-0.15, -0.1) is 0 Å². The molecule has 8 heteroatoms. The van der Waals surface area contributed by atoms with Crippen molar-refractivity contribution < 1.29 is 26.5 Å². The molecular formula is C17H21NO6S. The van der Waals surface area contributed by atoms with Gasteiger partial charge in [0.1, 0.15) is 18.1 Å². The molecule has 2 aromatic rings. The number of carbonyl (C=O) groups excluding carboxylic acids is 1. The van der Waals surface area contributed by atoms with Crippen molar-refractivity contribution >= 4 is 16.0 Å². The van der Waals surface area contributed by atoms with Gasteiger partial charge in [-0.1, -0.05) is 12.1 Å². The van der Waals surface area contributed by atoms with Gasteiger partial charge in [0.05, 0.1) is 18.6 Å². The van der Waals surface area contributed by atoms with Gasteiger partial charge < -0.3 is 18.2 Å². The molecular weight excluding hydrogens is 346 g/mol. The zero-order valence-corrected chi connectivity index (χ0v) is 15.0. The Morgan fingerprint density at radius 3 is 2.64 bits per heavy atom. The van der Waals surface area contributed by atoms with E-state index in [0.29, 0.717) is 5.76 Å². The van der Waals surface area contributed by atoms with Gasteiger partial charge in [0.15, 0.2) is 0 Å². The van der Waals surface area contributed by atoms with Crippen molar-refractivity contribution in [3.8, 4) is 5.75 Å². The number of benzene rings is 1. The van der Waals surface area contributed by atoms with E-state index in [4.69, 9.17) is 13.3 Å². The second-order valence-electron chi connectivity index (χ2n) is 5.34. The first kappa shape index (κ1) is 19.0. The largest absolute Gasteiger partial charge is 0.467 e.